The fourth-order valence-corrected chi connectivity index (χ4v) is 3.19. The first-order chi connectivity index (χ1) is 8.32. The van der Waals surface area contributed by atoms with Crippen LogP contribution in [-0.2, 0) is 10.8 Å². The molecule has 0 bridgehead atoms. The Morgan fingerprint density at radius 2 is 1.78 bits per heavy atom. The van der Waals surface area contributed by atoms with Crippen LogP contribution in [0.25, 0.3) is 0 Å². The van der Waals surface area contributed by atoms with E-state index in [1.54, 1.807) is 32.9 Å². The second kappa shape index (κ2) is 5.64. The summed E-state index contributed by atoms with van der Waals surface area (Å²) in [7, 11) is -1.40. The van der Waals surface area contributed by atoms with Crippen LogP contribution in [0.1, 0.15) is 26.3 Å². The van der Waals surface area contributed by atoms with Crippen LogP contribution in [0, 0.1) is 24.2 Å². The van der Waals surface area contributed by atoms with E-state index in [1.165, 1.54) is 0 Å². The number of benzene rings is 1. The average molecular weight is 265 g/mol. The number of aryl methyl sites for hydroxylation is 1. The van der Waals surface area contributed by atoms with E-state index in [1.807, 2.05) is 25.1 Å². The maximum Gasteiger partial charge on any atom is 0.167 e. The Balaban J connectivity index is 3.04. The van der Waals surface area contributed by atoms with E-state index < -0.39 is 21.7 Å². The lowest BCUT2D eigenvalue weighted by molar-refractivity contribution is 0.0517. The number of nitriles is 1. The maximum atomic E-state index is 12.4. The van der Waals surface area contributed by atoms with Crippen LogP contribution in [0.3, 0.4) is 0 Å². The molecule has 0 aliphatic heterocycles. The minimum Gasteiger partial charge on any atom is -0.374 e. The molecule has 98 valence electrons. The molecule has 0 spiro atoms. The monoisotopic (exact) mass is 265 g/mol. The van der Waals surface area contributed by atoms with Gasteiger partial charge < -0.3 is 5.11 Å². The lowest BCUT2D eigenvalue weighted by atomic mass is 9.89. The molecule has 4 heteroatoms. The number of nitrogens with zero attached hydrogens (tertiary/aromatic N) is 1. The summed E-state index contributed by atoms with van der Waals surface area (Å²) < 4.78 is 12.4. The van der Waals surface area contributed by atoms with E-state index in [0.29, 0.717) is 4.90 Å². The third-order valence-electron chi connectivity index (χ3n) is 3.25. The Bertz CT molecular complexity index is 476. The zero-order chi connectivity index (χ0) is 13.9. The van der Waals surface area contributed by atoms with Gasteiger partial charge in [0.25, 0.3) is 0 Å². The molecule has 0 saturated carbocycles. The molecule has 0 amide bonds. The van der Waals surface area contributed by atoms with E-state index in [-0.39, 0.29) is 5.92 Å². The minimum absolute atomic E-state index is 0.271. The molecule has 0 aliphatic rings. The molecule has 0 aliphatic carbocycles. The number of rotatable bonds is 4. The van der Waals surface area contributed by atoms with Crippen LogP contribution in [0.5, 0.6) is 0 Å². The van der Waals surface area contributed by atoms with Gasteiger partial charge in [0.15, 0.2) is 5.60 Å². The van der Waals surface area contributed by atoms with E-state index in [4.69, 9.17) is 5.26 Å². The van der Waals surface area contributed by atoms with Crippen molar-refractivity contribution in [3.05, 3.63) is 29.8 Å². The molecule has 0 saturated heterocycles. The molecular weight excluding hydrogens is 246 g/mol. The van der Waals surface area contributed by atoms with Gasteiger partial charge in [0, 0.05) is 4.90 Å². The van der Waals surface area contributed by atoms with Crippen molar-refractivity contribution < 1.29 is 9.32 Å². The van der Waals surface area contributed by atoms with Crippen molar-refractivity contribution in [2.24, 2.45) is 5.92 Å². The van der Waals surface area contributed by atoms with E-state index in [0.717, 1.165) is 5.56 Å². The summed E-state index contributed by atoms with van der Waals surface area (Å²) in [6.45, 7) is 7.12. The van der Waals surface area contributed by atoms with Crippen molar-refractivity contribution in [2.75, 3.05) is 0 Å². The van der Waals surface area contributed by atoms with Gasteiger partial charge in [0.2, 0.25) is 0 Å². The molecule has 0 radical (unpaired) electrons. The predicted molar refractivity (Wildman–Crippen MR) is 72.5 cm³/mol. The van der Waals surface area contributed by atoms with Crippen LogP contribution in [0.2, 0.25) is 0 Å². The summed E-state index contributed by atoms with van der Waals surface area (Å²) in [6, 6.07) is 9.21. The van der Waals surface area contributed by atoms with Gasteiger partial charge in [-0.15, -0.1) is 0 Å². The Kier molecular flexibility index (Phi) is 4.66. The SMILES string of the molecule is Cc1ccc([S@](=O)[C@@H](C)[C@@](O)(C#N)C(C)C)cc1. The highest BCUT2D eigenvalue weighted by atomic mass is 32.2. The summed E-state index contributed by atoms with van der Waals surface area (Å²) >= 11 is 0. The number of aliphatic hydroxyl groups is 1. The van der Waals surface area contributed by atoms with Crippen molar-refractivity contribution in [1.82, 2.24) is 0 Å². The fraction of sp³-hybridized carbons (Fsp3) is 0.500. The first-order valence-electron chi connectivity index (χ1n) is 5.93. The van der Waals surface area contributed by atoms with Crippen LogP contribution >= 0.6 is 0 Å². The van der Waals surface area contributed by atoms with Crippen molar-refractivity contribution >= 4 is 10.8 Å². The number of hydrogen-bond donors (Lipinski definition) is 1. The highest BCUT2D eigenvalue weighted by Crippen LogP contribution is 2.27. The van der Waals surface area contributed by atoms with Crippen LogP contribution in [0.4, 0.5) is 0 Å². The molecule has 1 rings (SSSR count). The van der Waals surface area contributed by atoms with Gasteiger partial charge in [-0.3, -0.25) is 4.21 Å². The predicted octanol–water partition coefficient (Wildman–Crippen LogP) is 2.40. The molecule has 1 aromatic carbocycles. The largest absolute Gasteiger partial charge is 0.374 e. The van der Waals surface area contributed by atoms with Gasteiger partial charge in [0.05, 0.1) is 22.1 Å². The Morgan fingerprint density at radius 1 is 1.28 bits per heavy atom. The second-order valence-corrected chi connectivity index (χ2v) is 6.62. The van der Waals surface area contributed by atoms with Gasteiger partial charge in [-0.25, -0.2) is 0 Å². The van der Waals surface area contributed by atoms with Gasteiger partial charge in [0.1, 0.15) is 0 Å². The minimum atomic E-state index is -1.57. The molecule has 0 heterocycles. The molecule has 1 aromatic rings. The average Bonchev–Trinajstić information content (AvgIpc) is 2.36. The Hall–Kier alpha value is -1.18. The fourth-order valence-electron chi connectivity index (χ4n) is 1.73. The van der Waals surface area contributed by atoms with Crippen molar-refractivity contribution in [2.45, 2.75) is 43.4 Å². The topological polar surface area (TPSA) is 61.1 Å². The summed E-state index contributed by atoms with van der Waals surface area (Å²) in [6.07, 6.45) is 0. The summed E-state index contributed by atoms with van der Waals surface area (Å²) in [4.78, 5) is 0.641. The van der Waals surface area contributed by atoms with Crippen molar-refractivity contribution in [1.29, 1.82) is 5.26 Å². The smallest absolute Gasteiger partial charge is 0.167 e. The molecular formula is C14H19NO2S. The van der Waals surface area contributed by atoms with Gasteiger partial charge in [-0.2, -0.15) is 5.26 Å². The van der Waals surface area contributed by atoms with Crippen LogP contribution < -0.4 is 0 Å². The van der Waals surface area contributed by atoms with Crippen molar-refractivity contribution in [3.8, 4) is 6.07 Å². The molecule has 3 nitrogen and oxygen atoms in total. The zero-order valence-electron chi connectivity index (χ0n) is 11.2. The summed E-state index contributed by atoms with van der Waals surface area (Å²) in [5.41, 5.74) is -0.488. The first-order valence-corrected chi connectivity index (χ1v) is 7.15. The molecule has 0 aromatic heterocycles. The molecule has 0 unspecified atom stereocenters. The third kappa shape index (κ3) is 2.80. The molecule has 3 atom stereocenters. The Labute approximate surface area is 111 Å². The highest BCUT2D eigenvalue weighted by molar-refractivity contribution is 7.85. The van der Waals surface area contributed by atoms with Gasteiger partial charge in [-0.05, 0) is 31.9 Å². The lowest BCUT2D eigenvalue weighted by Gasteiger charge is -2.30. The second-order valence-electron chi connectivity index (χ2n) is 4.84. The quantitative estimate of drug-likeness (QED) is 0.850. The molecule has 18 heavy (non-hydrogen) atoms. The van der Waals surface area contributed by atoms with E-state index in [2.05, 4.69) is 0 Å². The van der Waals surface area contributed by atoms with Crippen molar-refractivity contribution in [3.63, 3.8) is 0 Å². The maximum absolute atomic E-state index is 12.4. The normalized spacial score (nSPS) is 17.8. The Morgan fingerprint density at radius 3 is 2.17 bits per heavy atom. The molecule has 0 fully saturated rings. The summed E-state index contributed by atoms with van der Waals surface area (Å²) in [5, 5.41) is 18.8. The summed E-state index contributed by atoms with van der Waals surface area (Å²) in [5.74, 6) is -0.271. The highest BCUT2D eigenvalue weighted by Gasteiger charge is 2.41. The van der Waals surface area contributed by atoms with Crippen LogP contribution in [-0.4, -0.2) is 20.2 Å². The number of hydrogen-bond acceptors (Lipinski definition) is 3. The van der Waals surface area contributed by atoms with Gasteiger partial charge >= 0.3 is 0 Å². The first kappa shape index (κ1) is 14.9. The standard InChI is InChI=1S/C14H19NO2S/c1-10(2)14(16,9-15)12(4)18(17)13-7-5-11(3)6-8-13/h5-8,10,12,16H,1-4H3/t12-,14+,18+/m0/s1. The third-order valence-corrected chi connectivity index (χ3v) is 4.99. The van der Waals surface area contributed by atoms with Gasteiger partial charge in [-0.1, -0.05) is 31.5 Å². The van der Waals surface area contributed by atoms with Crippen LogP contribution in [0.15, 0.2) is 29.2 Å². The zero-order valence-corrected chi connectivity index (χ0v) is 12.0. The van der Waals surface area contributed by atoms with E-state index >= 15 is 0 Å². The molecule has 1 N–H and O–H groups in total. The van der Waals surface area contributed by atoms with E-state index in [9.17, 15) is 9.32 Å². The lowest BCUT2D eigenvalue weighted by Crippen LogP contribution is -2.46.